The van der Waals surface area contributed by atoms with Crippen molar-refractivity contribution in [1.82, 2.24) is 4.90 Å². The number of carbonyl (C=O) groups is 1. The third-order valence-electron chi connectivity index (χ3n) is 2.28. The Morgan fingerprint density at radius 2 is 2.33 bits per heavy atom. The molecule has 0 aromatic carbocycles. The molecule has 6 heteroatoms. The van der Waals surface area contributed by atoms with Crippen LogP contribution in [-0.2, 0) is 9.53 Å². The van der Waals surface area contributed by atoms with Gasteiger partial charge in [-0.1, -0.05) is 0 Å². The monoisotopic (exact) mass is 223 g/mol. The molecule has 0 saturated carbocycles. The Labute approximate surface area is 86.8 Å². The van der Waals surface area contributed by atoms with Crippen LogP contribution in [0.15, 0.2) is 0 Å². The van der Waals surface area contributed by atoms with Gasteiger partial charge in [0, 0.05) is 6.54 Å². The minimum Gasteiger partial charge on any atom is -0.480 e. The number of hydrogen-bond acceptors (Lipinski definition) is 3. The first-order valence-electron chi connectivity index (χ1n) is 4.92. The molecular weight excluding hydrogens is 208 g/mol. The Bertz CT molecular complexity index is 214. The number of nitrogens with zero attached hydrogens (tertiary/aromatic N) is 1. The van der Waals surface area contributed by atoms with Gasteiger partial charge in [-0.05, 0) is 19.4 Å². The van der Waals surface area contributed by atoms with Crippen LogP contribution in [0.3, 0.4) is 0 Å². The van der Waals surface area contributed by atoms with Crippen LogP contribution >= 0.6 is 0 Å². The summed E-state index contributed by atoms with van der Waals surface area (Å²) in [7, 11) is 0. The summed E-state index contributed by atoms with van der Waals surface area (Å²) in [5.41, 5.74) is 0. The normalized spacial score (nSPS) is 23.3. The van der Waals surface area contributed by atoms with Crippen molar-refractivity contribution in [2.45, 2.75) is 25.4 Å². The lowest BCUT2D eigenvalue weighted by Gasteiger charge is -2.31. The van der Waals surface area contributed by atoms with E-state index in [1.807, 2.05) is 0 Å². The van der Waals surface area contributed by atoms with Crippen molar-refractivity contribution >= 4 is 5.97 Å². The van der Waals surface area contributed by atoms with E-state index in [2.05, 4.69) is 0 Å². The van der Waals surface area contributed by atoms with E-state index in [1.54, 1.807) is 4.90 Å². The van der Waals surface area contributed by atoms with E-state index in [1.165, 1.54) is 0 Å². The Hall–Kier alpha value is -0.750. The molecule has 1 saturated heterocycles. The number of aliphatic carboxylic acids is 1. The molecule has 1 heterocycles. The minimum absolute atomic E-state index is 0.0471. The fourth-order valence-electron chi connectivity index (χ4n) is 1.69. The molecule has 15 heavy (non-hydrogen) atoms. The molecule has 88 valence electrons. The lowest BCUT2D eigenvalue weighted by molar-refractivity contribution is -0.139. The number of hydrogen-bond donors (Lipinski definition) is 1. The number of piperidine rings is 1. The molecule has 0 aromatic heterocycles. The Morgan fingerprint density at radius 1 is 1.60 bits per heavy atom. The lowest BCUT2D eigenvalue weighted by Crippen LogP contribution is -2.42. The van der Waals surface area contributed by atoms with Gasteiger partial charge in [0.25, 0.3) is 6.43 Å². The van der Waals surface area contributed by atoms with E-state index < -0.39 is 19.0 Å². The number of rotatable bonds is 5. The van der Waals surface area contributed by atoms with Gasteiger partial charge in [-0.25, -0.2) is 8.78 Å². The molecule has 1 aliphatic rings. The van der Waals surface area contributed by atoms with E-state index in [9.17, 15) is 13.6 Å². The molecule has 0 aliphatic carbocycles. The summed E-state index contributed by atoms with van der Waals surface area (Å²) in [6.45, 7) is 0.514. The first kappa shape index (κ1) is 12.3. The predicted octanol–water partition coefficient (Wildman–Crippen LogP) is 0.817. The first-order chi connectivity index (χ1) is 7.08. The Kier molecular flexibility index (Phi) is 4.90. The Balaban J connectivity index is 2.25. The van der Waals surface area contributed by atoms with Crippen molar-refractivity contribution in [3.05, 3.63) is 0 Å². The van der Waals surface area contributed by atoms with Crippen LogP contribution < -0.4 is 0 Å². The summed E-state index contributed by atoms with van der Waals surface area (Å²) in [5, 5.41) is 8.57. The summed E-state index contributed by atoms with van der Waals surface area (Å²) in [5.74, 6) is -0.899. The largest absolute Gasteiger partial charge is 0.480 e. The number of likely N-dealkylation sites (tertiary alicyclic amines) is 1. The molecule has 0 amide bonds. The maximum Gasteiger partial charge on any atom is 0.317 e. The topological polar surface area (TPSA) is 49.8 Å². The number of carboxylic acid groups (broad SMARTS) is 1. The van der Waals surface area contributed by atoms with Crippen LogP contribution in [0.1, 0.15) is 12.8 Å². The average Bonchev–Trinajstić information content (AvgIpc) is 2.14. The van der Waals surface area contributed by atoms with Crippen LogP contribution in [0.2, 0.25) is 0 Å². The molecule has 1 aliphatic heterocycles. The lowest BCUT2D eigenvalue weighted by atomic mass is 10.1. The molecule has 1 atom stereocenters. The molecule has 0 aromatic rings. The van der Waals surface area contributed by atoms with E-state index in [-0.39, 0.29) is 12.6 Å². The highest BCUT2D eigenvalue weighted by atomic mass is 19.3. The highest BCUT2D eigenvalue weighted by Gasteiger charge is 2.22. The van der Waals surface area contributed by atoms with Crippen LogP contribution in [0, 0.1) is 0 Å². The standard InChI is InChI=1S/C9H15F2NO3/c10-8(11)6-15-7-2-1-3-12(4-7)5-9(13)14/h7-8H,1-6H2,(H,13,14). The summed E-state index contributed by atoms with van der Waals surface area (Å²) in [6.07, 6.45) is -1.20. The van der Waals surface area contributed by atoms with Gasteiger partial charge in [-0.2, -0.15) is 0 Å². The number of carboxylic acids is 1. The van der Waals surface area contributed by atoms with Crippen LogP contribution in [0.25, 0.3) is 0 Å². The molecular formula is C9H15F2NO3. The maximum atomic E-state index is 11.9. The van der Waals surface area contributed by atoms with Gasteiger partial charge in [0.2, 0.25) is 0 Å². The second kappa shape index (κ2) is 5.97. The molecule has 1 fully saturated rings. The van der Waals surface area contributed by atoms with Crippen molar-refractivity contribution in [3.8, 4) is 0 Å². The zero-order valence-electron chi connectivity index (χ0n) is 8.36. The van der Waals surface area contributed by atoms with Gasteiger partial charge in [-0.3, -0.25) is 9.69 Å². The van der Waals surface area contributed by atoms with E-state index in [0.29, 0.717) is 13.1 Å². The zero-order valence-corrected chi connectivity index (χ0v) is 8.36. The summed E-state index contributed by atoms with van der Waals surface area (Å²) < 4.78 is 28.7. The van der Waals surface area contributed by atoms with Gasteiger partial charge >= 0.3 is 5.97 Å². The number of halogens is 2. The molecule has 1 N–H and O–H groups in total. The van der Waals surface area contributed by atoms with Crippen molar-refractivity contribution < 1.29 is 23.4 Å². The summed E-state index contributed by atoms with van der Waals surface area (Å²) >= 11 is 0. The zero-order chi connectivity index (χ0) is 11.3. The van der Waals surface area contributed by atoms with E-state index in [4.69, 9.17) is 9.84 Å². The molecule has 1 unspecified atom stereocenters. The smallest absolute Gasteiger partial charge is 0.317 e. The summed E-state index contributed by atoms with van der Waals surface area (Å²) in [6, 6.07) is 0. The van der Waals surface area contributed by atoms with Crippen molar-refractivity contribution in [2.75, 3.05) is 26.2 Å². The minimum atomic E-state index is -2.46. The van der Waals surface area contributed by atoms with Crippen molar-refractivity contribution in [3.63, 3.8) is 0 Å². The third-order valence-corrected chi connectivity index (χ3v) is 2.28. The molecule has 0 bridgehead atoms. The van der Waals surface area contributed by atoms with Crippen molar-refractivity contribution in [1.29, 1.82) is 0 Å². The van der Waals surface area contributed by atoms with E-state index >= 15 is 0 Å². The fraction of sp³-hybridized carbons (Fsp3) is 0.889. The highest BCUT2D eigenvalue weighted by molar-refractivity contribution is 5.69. The summed E-state index contributed by atoms with van der Waals surface area (Å²) in [4.78, 5) is 12.1. The average molecular weight is 223 g/mol. The quantitative estimate of drug-likeness (QED) is 0.749. The predicted molar refractivity (Wildman–Crippen MR) is 49.1 cm³/mol. The Morgan fingerprint density at radius 3 is 2.93 bits per heavy atom. The first-order valence-corrected chi connectivity index (χ1v) is 4.92. The molecule has 0 radical (unpaired) electrons. The van der Waals surface area contributed by atoms with Gasteiger partial charge < -0.3 is 9.84 Å². The fourth-order valence-corrected chi connectivity index (χ4v) is 1.69. The SMILES string of the molecule is O=C(O)CN1CCCC(OCC(F)F)C1. The molecule has 1 rings (SSSR count). The highest BCUT2D eigenvalue weighted by Crippen LogP contribution is 2.13. The molecule has 0 spiro atoms. The molecule has 4 nitrogen and oxygen atoms in total. The number of alkyl halides is 2. The second-order valence-electron chi connectivity index (χ2n) is 3.62. The van der Waals surface area contributed by atoms with Crippen LogP contribution in [-0.4, -0.2) is 54.7 Å². The van der Waals surface area contributed by atoms with E-state index in [0.717, 1.165) is 12.8 Å². The van der Waals surface area contributed by atoms with Gasteiger partial charge in [0.1, 0.15) is 6.61 Å². The maximum absolute atomic E-state index is 11.9. The van der Waals surface area contributed by atoms with Gasteiger partial charge in [0.15, 0.2) is 0 Å². The van der Waals surface area contributed by atoms with Crippen molar-refractivity contribution in [2.24, 2.45) is 0 Å². The number of ether oxygens (including phenoxy) is 1. The van der Waals surface area contributed by atoms with Crippen LogP contribution in [0.4, 0.5) is 8.78 Å². The van der Waals surface area contributed by atoms with Gasteiger partial charge in [0.05, 0.1) is 12.6 Å². The second-order valence-corrected chi connectivity index (χ2v) is 3.62. The van der Waals surface area contributed by atoms with Crippen LogP contribution in [0.5, 0.6) is 0 Å². The third kappa shape index (κ3) is 5.03. The van der Waals surface area contributed by atoms with Gasteiger partial charge in [-0.15, -0.1) is 0 Å².